The molecule has 0 aliphatic carbocycles. The van der Waals surface area contributed by atoms with Crippen molar-refractivity contribution in [2.24, 2.45) is 0 Å². The fraction of sp³-hybridized carbons (Fsp3) is 0. The molecule has 3 rings (SSSR count). The molecule has 0 saturated carbocycles. The van der Waals surface area contributed by atoms with Crippen molar-refractivity contribution >= 4 is 17.5 Å². The van der Waals surface area contributed by atoms with E-state index in [1.54, 1.807) is 24.4 Å². The van der Waals surface area contributed by atoms with Crippen LogP contribution in [0, 0.1) is 0 Å². The molecule has 0 bridgehead atoms. The fourth-order valence-corrected chi connectivity index (χ4v) is 2.05. The molecule has 0 radical (unpaired) electrons. The van der Waals surface area contributed by atoms with Gasteiger partial charge in [0.25, 0.3) is 0 Å². The molecule has 0 saturated heterocycles. The van der Waals surface area contributed by atoms with Crippen molar-refractivity contribution in [1.29, 1.82) is 0 Å². The third-order valence-electron chi connectivity index (χ3n) is 2.99. The first-order valence-corrected chi connectivity index (χ1v) is 5.98. The first kappa shape index (κ1) is 12.8. The normalized spacial score (nSPS) is 10.7. The molecule has 3 heterocycles. The second-order valence-electron chi connectivity index (χ2n) is 4.28. The largest absolute Gasteiger partial charge is 0.478 e. The average Bonchev–Trinajstić information content (AvgIpc) is 2.87. The lowest BCUT2D eigenvalue weighted by Crippen LogP contribution is -2.00. The number of hydrogen-bond donors (Lipinski definition) is 2. The van der Waals surface area contributed by atoms with E-state index < -0.39 is 11.9 Å². The van der Waals surface area contributed by atoms with E-state index in [2.05, 4.69) is 9.97 Å². The number of aromatic nitrogens is 3. The molecule has 0 amide bonds. The number of carbonyl (C=O) groups is 2. The van der Waals surface area contributed by atoms with E-state index in [1.165, 1.54) is 22.7 Å². The maximum Gasteiger partial charge on any atom is 0.356 e. The van der Waals surface area contributed by atoms with Crippen LogP contribution in [0.1, 0.15) is 20.8 Å². The minimum absolute atomic E-state index is 0.00234. The van der Waals surface area contributed by atoms with Crippen molar-refractivity contribution in [3.63, 3.8) is 0 Å². The number of fused-ring (bicyclic) bond motifs is 1. The quantitative estimate of drug-likeness (QED) is 0.759. The molecule has 0 unspecified atom stereocenters. The van der Waals surface area contributed by atoms with E-state index >= 15 is 0 Å². The van der Waals surface area contributed by atoms with Crippen LogP contribution in [0.4, 0.5) is 0 Å². The molecule has 3 aromatic heterocycles. The van der Waals surface area contributed by atoms with Gasteiger partial charge in [-0.1, -0.05) is 6.07 Å². The molecule has 0 aliphatic heterocycles. The van der Waals surface area contributed by atoms with Crippen LogP contribution in [0.25, 0.3) is 17.0 Å². The van der Waals surface area contributed by atoms with Gasteiger partial charge < -0.3 is 10.2 Å². The highest BCUT2D eigenvalue weighted by Crippen LogP contribution is 2.22. The number of aromatic carboxylic acids is 2. The second-order valence-corrected chi connectivity index (χ2v) is 4.28. The zero-order valence-corrected chi connectivity index (χ0v) is 10.6. The van der Waals surface area contributed by atoms with Crippen molar-refractivity contribution < 1.29 is 19.8 Å². The van der Waals surface area contributed by atoms with Crippen LogP contribution in [-0.4, -0.2) is 36.5 Å². The van der Waals surface area contributed by atoms with Crippen LogP contribution in [0.2, 0.25) is 0 Å². The Morgan fingerprint density at radius 1 is 1.10 bits per heavy atom. The second kappa shape index (κ2) is 4.71. The molecule has 104 valence electrons. The number of pyridine rings is 2. The van der Waals surface area contributed by atoms with Crippen molar-refractivity contribution in [3.05, 3.63) is 54.0 Å². The summed E-state index contributed by atoms with van der Waals surface area (Å²) in [7, 11) is 0. The van der Waals surface area contributed by atoms with Crippen molar-refractivity contribution in [2.75, 3.05) is 0 Å². The molecular formula is C14H9N3O4. The topological polar surface area (TPSA) is 105 Å². The molecule has 2 N–H and O–H groups in total. The Labute approximate surface area is 118 Å². The van der Waals surface area contributed by atoms with Gasteiger partial charge in [-0.2, -0.15) is 0 Å². The minimum Gasteiger partial charge on any atom is -0.478 e. The fourth-order valence-electron chi connectivity index (χ4n) is 2.05. The van der Waals surface area contributed by atoms with Gasteiger partial charge in [0.2, 0.25) is 0 Å². The maximum atomic E-state index is 11.3. The van der Waals surface area contributed by atoms with Gasteiger partial charge in [-0.05, 0) is 24.3 Å². The highest BCUT2D eigenvalue weighted by atomic mass is 16.4. The lowest BCUT2D eigenvalue weighted by atomic mass is 10.2. The zero-order chi connectivity index (χ0) is 15.0. The monoisotopic (exact) mass is 283 g/mol. The summed E-state index contributed by atoms with van der Waals surface area (Å²) >= 11 is 0. The molecule has 0 atom stereocenters. The Morgan fingerprint density at radius 3 is 2.52 bits per heavy atom. The molecule has 0 spiro atoms. The summed E-state index contributed by atoms with van der Waals surface area (Å²) in [5, 5.41) is 18.2. The summed E-state index contributed by atoms with van der Waals surface area (Å²) < 4.78 is 1.51. The Kier molecular flexibility index (Phi) is 2.87. The summed E-state index contributed by atoms with van der Waals surface area (Å²) in [6.07, 6.45) is 3.05. The highest BCUT2D eigenvalue weighted by Gasteiger charge is 2.19. The standard InChI is InChI=1S/C14H9N3O4/c18-13(19)8-4-6-17-10(7-8)11(14(20)21)16-12(17)9-3-1-2-5-15-9/h1-7H,(H,18,19)(H,20,21). The summed E-state index contributed by atoms with van der Waals surface area (Å²) in [5.74, 6) is -2.01. The number of rotatable bonds is 3. The first-order chi connectivity index (χ1) is 10.1. The van der Waals surface area contributed by atoms with Crippen molar-refractivity contribution in [3.8, 4) is 11.5 Å². The number of hydrogen-bond acceptors (Lipinski definition) is 4. The SMILES string of the molecule is O=C(O)c1ccn2c(-c3ccccn3)nc(C(=O)O)c2c1. The lowest BCUT2D eigenvalue weighted by Gasteiger charge is -2.01. The third kappa shape index (κ3) is 2.10. The third-order valence-corrected chi connectivity index (χ3v) is 2.99. The highest BCUT2D eigenvalue weighted by molar-refractivity contribution is 5.97. The molecule has 7 heteroatoms. The van der Waals surface area contributed by atoms with Gasteiger partial charge in [-0.15, -0.1) is 0 Å². The van der Waals surface area contributed by atoms with E-state index in [0.29, 0.717) is 11.5 Å². The Bertz CT molecular complexity index is 855. The Morgan fingerprint density at radius 2 is 1.90 bits per heavy atom. The molecular weight excluding hydrogens is 274 g/mol. The molecule has 3 aromatic rings. The van der Waals surface area contributed by atoms with Gasteiger partial charge in [0.15, 0.2) is 11.5 Å². The Balaban J connectivity index is 2.33. The summed E-state index contributed by atoms with van der Waals surface area (Å²) in [5.41, 5.74) is 0.502. The summed E-state index contributed by atoms with van der Waals surface area (Å²) in [4.78, 5) is 30.5. The smallest absolute Gasteiger partial charge is 0.356 e. The molecule has 21 heavy (non-hydrogen) atoms. The summed E-state index contributed by atoms with van der Waals surface area (Å²) in [6.45, 7) is 0. The number of carboxylic acid groups (broad SMARTS) is 2. The first-order valence-electron chi connectivity index (χ1n) is 5.98. The van der Waals surface area contributed by atoms with Crippen LogP contribution in [-0.2, 0) is 0 Å². The van der Waals surface area contributed by atoms with Crippen LogP contribution in [0.3, 0.4) is 0 Å². The summed E-state index contributed by atoms with van der Waals surface area (Å²) in [6, 6.07) is 7.86. The van der Waals surface area contributed by atoms with Gasteiger partial charge in [0, 0.05) is 12.4 Å². The van der Waals surface area contributed by atoms with E-state index in [9.17, 15) is 14.7 Å². The van der Waals surface area contributed by atoms with E-state index in [-0.39, 0.29) is 16.8 Å². The van der Waals surface area contributed by atoms with Gasteiger partial charge in [0.1, 0.15) is 5.69 Å². The van der Waals surface area contributed by atoms with E-state index in [1.807, 2.05) is 0 Å². The zero-order valence-electron chi connectivity index (χ0n) is 10.6. The molecule has 0 aliphatic rings. The van der Waals surface area contributed by atoms with Gasteiger partial charge in [-0.25, -0.2) is 14.6 Å². The Hall–Kier alpha value is -3.22. The number of carboxylic acids is 2. The molecule has 0 aromatic carbocycles. The van der Waals surface area contributed by atoms with Crippen LogP contribution < -0.4 is 0 Å². The maximum absolute atomic E-state index is 11.3. The number of nitrogens with zero attached hydrogens (tertiary/aromatic N) is 3. The van der Waals surface area contributed by atoms with Crippen LogP contribution in [0.15, 0.2) is 42.7 Å². The van der Waals surface area contributed by atoms with Gasteiger partial charge in [0.05, 0.1) is 11.1 Å². The molecule has 7 nitrogen and oxygen atoms in total. The van der Waals surface area contributed by atoms with Crippen molar-refractivity contribution in [1.82, 2.24) is 14.4 Å². The van der Waals surface area contributed by atoms with Gasteiger partial charge in [-0.3, -0.25) is 9.38 Å². The van der Waals surface area contributed by atoms with Gasteiger partial charge >= 0.3 is 11.9 Å². The minimum atomic E-state index is -1.22. The number of imidazole rings is 1. The predicted molar refractivity (Wildman–Crippen MR) is 72.3 cm³/mol. The average molecular weight is 283 g/mol. The van der Waals surface area contributed by atoms with Crippen molar-refractivity contribution in [2.45, 2.75) is 0 Å². The van der Waals surface area contributed by atoms with Crippen LogP contribution in [0.5, 0.6) is 0 Å². The van der Waals surface area contributed by atoms with E-state index in [4.69, 9.17) is 5.11 Å². The lowest BCUT2D eigenvalue weighted by molar-refractivity contribution is 0.0682. The van der Waals surface area contributed by atoms with Crippen LogP contribution >= 0.6 is 0 Å². The predicted octanol–water partition coefficient (Wildman–Crippen LogP) is 1.79. The van der Waals surface area contributed by atoms with E-state index in [0.717, 1.165) is 0 Å². The molecule has 0 fully saturated rings.